The summed E-state index contributed by atoms with van der Waals surface area (Å²) in [5.74, 6) is 0.621. The fraction of sp³-hybridized carbons (Fsp3) is 0.231. The third kappa shape index (κ3) is 3.80. The number of hydrogen-bond acceptors (Lipinski definition) is 6. The molecule has 0 radical (unpaired) electrons. The van der Waals surface area contributed by atoms with Gasteiger partial charge in [0, 0.05) is 37.3 Å². The monoisotopic (exact) mass is 470 g/mol. The van der Waals surface area contributed by atoms with Crippen LogP contribution < -0.4 is 4.90 Å². The van der Waals surface area contributed by atoms with Crippen molar-refractivity contribution in [1.82, 2.24) is 15.0 Å². The molecule has 0 spiro atoms. The lowest BCUT2D eigenvalue weighted by Crippen LogP contribution is -2.40. The fourth-order valence-electron chi connectivity index (χ4n) is 4.72. The minimum atomic E-state index is -0.336. The summed E-state index contributed by atoms with van der Waals surface area (Å²) in [5, 5.41) is 6.07. The Bertz CT molecular complexity index is 1360. The molecule has 4 heterocycles. The lowest BCUT2D eigenvalue weighted by molar-refractivity contribution is -0.136. The molecule has 1 unspecified atom stereocenters. The van der Waals surface area contributed by atoms with Gasteiger partial charge in [-0.2, -0.15) is 4.98 Å². The van der Waals surface area contributed by atoms with Gasteiger partial charge in [-0.1, -0.05) is 47.6 Å². The quantitative estimate of drug-likeness (QED) is 0.442. The SMILES string of the molecule is O=C(C1CC(=O)N(c2cccc(-c3noc(-c4cccs4)n3)c2)C1)N1CCc2ccccc2C1. The van der Waals surface area contributed by atoms with Gasteiger partial charge >= 0.3 is 0 Å². The first-order valence-electron chi connectivity index (χ1n) is 11.3. The van der Waals surface area contributed by atoms with Gasteiger partial charge in [0.25, 0.3) is 5.89 Å². The van der Waals surface area contributed by atoms with Crippen LogP contribution in [0.2, 0.25) is 0 Å². The smallest absolute Gasteiger partial charge is 0.268 e. The van der Waals surface area contributed by atoms with Crippen LogP contribution >= 0.6 is 11.3 Å². The average Bonchev–Trinajstić information content (AvgIpc) is 3.64. The van der Waals surface area contributed by atoms with Crippen molar-refractivity contribution in [2.75, 3.05) is 18.0 Å². The number of anilines is 1. The normalized spacial score (nSPS) is 17.8. The number of nitrogens with zero attached hydrogens (tertiary/aromatic N) is 4. The molecule has 0 saturated carbocycles. The molecular weight excluding hydrogens is 448 g/mol. The van der Waals surface area contributed by atoms with Gasteiger partial charge in [-0.25, -0.2) is 0 Å². The highest BCUT2D eigenvalue weighted by Crippen LogP contribution is 2.31. The third-order valence-corrected chi connectivity index (χ3v) is 7.35. The first-order chi connectivity index (χ1) is 16.7. The molecule has 4 aromatic rings. The summed E-state index contributed by atoms with van der Waals surface area (Å²) in [7, 11) is 0. The van der Waals surface area contributed by atoms with Crippen molar-refractivity contribution >= 4 is 28.8 Å². The van der Waals surface area contributed by atoms with Gasteiger partial charge in [-0.3, -0.25) is 9.59 Å². The molecule has 34 heavy (non-hydrogen) atoms. The summed E-state index contributed by atoms with van der Waals surface area (Å²) in [5.41, 5.74) is 4.00. The molecule has 1 atom stereocenters. The van der Waals surface area contributed by atoms with Crippen LogP contribution in [0.1, 0.15) is 17.5 Å². The van der Waals surface area contributed by atoms with Crippen molar-refractivity contribution in [3.63, 3.8) is 0 Å². The second kappa shape index (κ2) is 8.53. The number of thiophene rings is 1. The molecule has 6 rings (SSSR count). The van der Waals surface area contributed by atoms with Crippen LogP contribution in [0.3, 0.4) is 0 Å². The Kier molecular flexibility index (Phi) is 5.22. The van der Waals surface area contributed by atoms with Crippen molar-refractivity contribution in [3.05, 3.63) is 77.2 Å². The number of fused-ring (bicyclic) bond motifs is 1. The Labute approximate surface area is 200 Å². The van der Waals surface area contributed by atoms with Gasteiger partial charge in [0.2, 0.25) is 17.6 Å². The van der Waals surface area contributed by atoms with Crippen LogP contribution in [0.25, 0.3) is 22.2 Å². The standard InChI is InChI=1S/C26H22N4O3S/c31-23-14-20(26(32)29-11-10-17-5-1-2-6-19(17)15-29)16-30(23)21-8-3-7-18(13-21)24-27-25(33-28-24)22-9-4-12-34-22/h1-9,12-13,20H,10-11,14-16H2. The maximum atomic E-state index is 13.3. The van der Waals surface area contributed by atoms with Gasteiger partial charge in [0.05, 0.1) is 10.8 Å². The van der Waals surface area contributed by atoms with Crippen LogP contribution in [-0.2, 0) is 22.6 Å². The largest absolute Gasteiger partial charge is 0.338 e. The predicted octanol–water partition coefficient (Wildman–Crippen LogP) is 4.40. The molecule has 2 amide bonds. The number of hydrogen-bond donors (Lipinski definition) is 0. The third-order valence-electron chi connectivity index (χ3n) is 6.49. The Balaban J connectivity index is 1.18. The highest BCUT2D eigenvalue weighted by molar-refractivity contribution is 7.13. The minimum Gasteiger partial charge on any atom is -0.338 e. The molecule has 2 aliphatic heterocycles. The van der Waals surface area contributed by atoms with E-state index < -0.39 is 0 Å². The number of benzene rings is 2. The Hall–Kier alpha value is -3.78. The second-order valence-electron chi connectivity index (χ2n) is 8.63. The molecule has 7 nitrogen and oxygen atoms in total. The van der Waals surface area contributed by atoms with Crippen LogP contribution in [0.5, 0.6) is 0 Å². The zero-order chi connectivity index (χ0) is 23.1. The lowest BCUT2D eigenvalue weighted by atomic mass is 9.98. The second-order valence-corrected chi connectivity index (χ2v) is 9.58. The van der Waals surface area contributed by atoms with Crippen molar-refractivity contribution in [2.45, 2.75) is 19.4 Å². The van der Waals surface area contributed by atoms with Crippen molar-refractivity contribution < 1.29 is 14.1 Å². The van der Waals surface area contributed by atoms with E-state index >= 15 is 0 Å². The van der Waals surface area contributed by atoms with Gasteiger partial charge < -0.3 is 14.3 Å². The molecular formula is C26H22N4O3S. The topological polar surface area (TPSA) is 79.5 Å². The van der Waals surface area contributed by atoms with E-state index in [-0.39, 0.29) is 24.2 Å². The van der Waals surface area contributed by atoms with Crippen molar-refractivity contribution in [3.8, 4) is 22.2 Å². The summed E-state index contributed by atoms with van der Waals surface area (Å²) < 4.78 is 5.41. The number of rotatable bonds is 4. The van der Waals surface area contributed by atoms with E-state index in [1.54, 1.807) is 4.90 Å². The number of carbonyl (C=O) groups is 2. The van der Waals surface area contributed by atoms with Crippen LogP contribution in [0.4, 0.5) is 5.69 Å². The number of carbonyl (C=O) groups excluding carboxylic acids is 2. The molecule has 0 bridgehead atoms. The Morgan fingerprint density at radius 2 is 1.94 bits per heavy atom. The average molecular weight is 471 g/mol. The van der Waals surface area contributed by atoms with E-state index in [0.29, 0.717) is 31.3 Å². The summed E-state index contributed by atoms with van der Waals surface area (Å²) in [6.07, 6.45) is 1.08. The maximum absolute atomic E-state index is 13.3. The summed E-state index contributed by atoms with van der Waals surface area (Å²) in [4.78, 5) is 35.1. The van der Waals surface area contributed by atoms with Gasteiger partial charge in [0.15, 0.2) is 0 Å². The highest BCUT2D eigenvalue weighted by Gasteiger charge is 2.38. The Morgan fingerprint density at radius 3 is 2.79 bits per heavy atom. The zero-order valence-corrected chi connectivity index (χ0v) is 19.2. The molecule has 0 N–H and O–H groups in total. The van der Waals surface area contributed by atoms with Crippen molar-refractivity contribution in [2.24, 2.45) is 5.92 Å². The molecule has 1 saturated heterocycles. The number of aromatic nitrogens is 2. The van der Waals surface area contributed by atoms with E-state index in [1.165, 1.54) is 22.5 Å². The molecule has 2 aliphatic rings. The molecule has 8 heteroatoms. The van der Waals surface area contributed by atoms with Crippen LogP contribution in [0.15, 0.2) is 70.6 Å². The molecule has 2 aromatic heterocycles. The minimum absolute atomic E-state index is 0.0414. The van der Waals surface area contributed by atoms with Crippen LogP contribution in [-0.4, -0.2) is 39.9 Å². The molecule has 1 fully saturated rings. The lowest BCUT2D eigenvalue weighted by Gasteiger charge is -2.30. The number of amides is 2. The van der Waals surface area contributed by atoms with Gasteiger partial charge in [-0.15, -0.1) is 11.3 Å². The predicted molar refractivity (Wildman–Crippen MR) is 129 cm³/mol. The summed E-state index contributed by atoms with van der Waals surface area (Å²) in [6, 6.07) is 19.6. The fourth-order valence-corrected chi connectivity index (χ4v) is 5.36. The summed E-state index contributed by atoms with van der Waals surface area (Å²) in [6.45, 7) is 1.69. The highest BCUT2D eigenvalue weighted by atomic mass is 32.1. The van der Waals surface area contributed by atoms with Crippen molar-refractivity contribution in [1.29, 1.82) is 0 Å². The van der Waals surface area contributed by atoms with E-state index in [4.69, 9.17) is 4.52 Å². The maximum Gasteiger partial charge on any atom is 0.268 e. The van der Waals surface area contributed by atoms with Gasteiger partial charge in [-0.05, 0) is 41.1 Å². The van der Waals surface area contributed by atoms with E-state index in [9.17, 15) is 9.59 Å². The van der Waals surface area contributed by atoms with Gasteiger partial charge in [0.1, 0.15) is 0 Å². The summed E-state index contributed by atoms with van der Waals surface area (Å²) >= 11 is 1.53. The zero-order valence-electron chi connectivity index (χ0n) is 18.4. The first-order valence-corrected chi connectivity index (χ1v) is 12.2. The van der Waals surface area contributed by atoms with E-state index in [1.807, 2.05) is 58.8 Å². The molecule has 0 aliphatic carbocycles. The van der Waals surface area contributed by atoms with E-state index in [2.05, 4.69) is 22.3 Å². The molecule has 170 valence electrons. The Morgan fingerprint density at radius 1 is 1.06 bits per heavy atom. The first kappa shape index (κ1) is 20.8. The van der Waals surface area contributed by atoms with E-state index in [0.717, 1.165) is 22.5 Å². The van der Waals surface area contributed by atoms with Crippen LogP contribution in [0, 0.1) is 5.92 Å². The molecule has 2 aromatic carbocycles.